The molecule has 4 rings (SSSR count). The standard InChI is InChI=1S/C20H18N8O3/c1-10-3-4-28-16(10)20(31-14-6-12(29)5-13(30)7-14)26-18(27-28)11(2)25-19-15(8-21)17(22)23-9-24-19/h3-7,9,11,29-30H,1-2H3,(H3,22,23,24,25)/t11-/m0/s1. The zero-order valence-corrected chi connectivity index (χ0v) is 16.6. The molecule has 0 unspecified atom stereocenters. The highest BCUT2D eigenvalue weighted by molar-refractivity contribution is 5.64. The molecular formula is C20H18N8O3. The van der Waals surface area contributed by atoms with Crippen molar-refractivity contribution in [1.82, 2.24) is 24.6 Å². The molecule has 0 saturated carbocycles. The molecule has 1 atom stereocenters. The van der Waals surface area contributed by atoms with Crippen LogP contribution in [-0.4, -0.2) is 34.8 Å². The summed E-state index contributed by atoms with van der Waals surface area (Å²) in [5, 5.41) is 36.4. The number of nitrogens with zero attached hydrogens (tertiary/aromatic N) is 6. The van der Waals surface area contributed by atoms with Crippen LogP contribution in [0.2, 0.25) is 0 Å². The lowest BCUT2D eigenvalue weighted by molar-refractivity contribution is 0.424. The molecule has 4 aromatic rings. The summed E-state index contributed by atoms with van der Waals surface area (Å²) >= 11 is 0. The summed E-state index contributed by atoms with van der Waals surface area (Å²) in [5.41, 5.74) is 7.38. The Morgan fingerprint density at radius 2 is 1.97 bits per heavy atom. The van der Waals surface area contributed by atoms with Gasteiger partial charge >= 0.3 is 0 Å². The van der Waals surface area contributed by atoms with Gasteiger partial charge in [0.2, 0.25) is 5.88 Å². The summed E-state index contributed by atoms with van der Waals surface area (Å²) < 4.78 is 7.50. The number of anilines is 2. The molecule has 3 heterocycles. The monoisotopic (exact) mass is 418 g/mol. The fraction of sp³-hybridized carbons (Fsp3) is 0.150. The number of nitriles is 1. The molecule has 0 saturated heterocycles. The average molecular weight is 418 g/mol. The minimum Gasteiger partial charge on any atom is -0.508 e. The molecule has 0 fully saturated rings. The van der Waals surface area contributed by atoms with Crippen LogP contribution in [0, 0.1) is 18.3 Å². The van der Waals surface area contributed by atoms with Crippen LogP contribution in [0.15, 0.2) is 36.8 Å². The molecule has 3 aromatic heterocycles. The third kappa shape index (κ3) is 3.82. The summed E-state index contributed by atoms with van der Waals surface area (Å²) in [4.78, 5) is 12.4. The normalized spacial score (nSPS) is 11.8. The fourth-order valence-electron chi connectivity index (χ4n) is 3.04. The number of nitrogen functional groups attached to an aromatic ring is 1. The van der Waals surface area contributed by atoms with Gasteiger partial charge in [0.15, 0.2) is 5.82 Å². The topological polar surface area (TPSA) is 167 Å². The molecule has 0 spiro atoms. The van der Waals surface area contributed by atoms with Crippen molar-refractivity contribution in [2.75, 3.05) is 11.1 Å². The van der Waals surface area contributed by atoms with Crippen LogP contribution in [0.25, 0.3) is 5.52 Å². The van der Waals surface area contributed by atoms with Gasteiger partial charge in [0, 0.05) is 24.4 Å². The average Bonchev–Trinajstić information content (AvgIpc) is 3.08. The van der Waals surface area contributed by atoms with Gasteiger partial charge < -0.3 is 26.0 Å². The Labute approximate surface area is 176 Å². The Morgan fingerprint density at radius 1 is 1.23 bits per heavy atom. The largest absolute Gasteiger partial charge is 0.508 e. The SMILES string of the molecule is Cc1ccn2nc([C@H](C)Nc3ncnc(N)c3C#N)nc(Oc3cc(O)cc(O)c3)c12. The van der Waals surface area contributed by atoms with E-state index in [9.17, 15) is 15.5 Å². The number of fused-ring (bicyclic) bond motifs is 1. The highest BCUT2D eigenvalue weighted by Gasteiger charge is 2.19. The van der Waals surface area contributed by atoms with Gasteiger partial charge in [-0.3, -0.25) is 0 Å². The van der Waals surface area contributed by atoms with E-state index in [1.807, 2.05) is 19.1 Å². The zero-order valence-electron chi connectivity index (χ0n) is 16.6. The summed E-state index contributed by atoms with van der Waals surface area (Å²) in [6, 6.07) is 7.28. The molecule has 0 radical (unpaired) electrons. The number of nitrogens with one attached hydrogen (secondary N) is 1. The van der Waals surface area contributed by atoms with Gasteiger partial charge in [-0.1, -0.05) is 0 Å². The predicted molar refractivity (Wildman–Crippen MR) is 111 cm³/mol. The third-order valence-electron chi connectivity index (χ3n) is 4.52. The maximum atomic E-state index is 9.74. The quantitative estimate of drug-likeness (QED) is 0.378. The second kappa shape index (κ2) is 7.68. The van der Waals surface area contributed by atoms with E-state index in [-0.39, 0.29) is 40.3 Å². The number of phenols is 2. The van der Waals surface area contributed by atoms with Crippen LogP contribution in [0.4, 0.5) is 11.6 Å². The first-order valence-electron chi connectivity index (χ1n) is 9.19. The van der Waals surface area contributed by atoms with Crippen molar-refractivity contribution in [3.63, 3.8) is 0 Å². The lowest BCUT2D eigenvalue weighted by Crippen LogP contribution is -2.16. The summed E-state index contributed by atoms with van der Waals surface area (Å²) in [5.74, 6) is 0.825. The molecule has 156 valence electrons. The van der Waals surface area contributed by atoms with Crippen molar-refractivity contribution in [2.45, 2.75) is 19.9 Å². The van der Waals surface area contributed by atoms with Gasteiger partial charge in [0.05, 0.1) is 6.04 Å². The van der Waals surface area contributed by atoms with Gasteiger partial charge in [-0.05, 0) is 25.5 Å². The van der Waals surface area contributed by atoms with E-state index in [0.717, 1.165) is 5.56 Å². The van der Waals surface area contributed by atoms with Crippen LogP contribution in [0.3, 0.4) is 0 Å². The predicted octanol–water partition coefficient (Wildman–Crippen LogP) is 2.66. The molecule has 11 nitrogen and oxygen atoms in total. The molecule has 0 aliphatic carbocycles. The molecule has 5 N–H and O–H groups in total. The highest BCUT2D eigenvalue weighted by atomic mass is 16.5. The number of nitrogens with two attached hydrogens (primary N) is 1. The van der Waals surface area contributed by atoms with E-state index >= 15 is 0 Å². The van der Waals surface area contributed by atoms with Crippen molar-refractivity contribution >= 4 is 17.2 Å². The first kappa shape index (κ1) is 19.7. The van der Waals surface area contributed by atoms with Gasteiger partial charge in [-0.2, -0.15) is 15.3 Å². The van der Waals surface area contributed by atoms with Crippen molar-refractivity contribution in [2.24, 2.45) is 0 Å². The number of aromatic nitrogens is 5. The first-order valence-corrected chi connectivity index (χ1v) is 9.19. The van der Waals surface area contributed by atoms with Gasteiger partial charge in [-0.25, -0.2) is 14.5 Å². The van der Waals surface area contributed by atoms with E-state index in [1.165, 1.54) is 24.5 Å². The van der Waals surface area contributed by atoms with E-state index in [4.69, 9.17) is 10.5 Å². The Bertz CT molecular complexity index is 1310. The highest BCUT2D eigenvalue weighted by Crippen LogP contribution is 2.32. The minimum atomic E-state index is -0.478. The summed E-state index contributed by atoms with van der Waals surface area (Å²) in [7, 11) is 0. The number of hydrogen-bond donors (Lipinski definition) is 4. The Morgan fingerprint density at radius 3 is 2.68 bits per heavy atom. The molecule has 0 bridgehead atoms. The van der Waals surface area contributed by atoms with Crippen molar-refractivity contribution < 1.29 is 14.9 Å². The van der Waals surface area contributed by atoms with Crippen LogP contribution < -0.4 is 15.8 Å². The lowest BCUT2D eigenvalue weighted by atomic mass is 10.2. The number of ether oxygens (including phenoxy) is 1. The molecule has 11 heteroatoms. The van der Waals surface area contributed by atoms with Crippen LogP contribution in [0.5, 0.6) is 23.1 Å². The van der Waals surface area contributed by atoms with Crippen LogP contribution >= 0.6 is 0 Å². The molecule has 1 aromatic carbocycles. The smallest absolute Gasteiger partial charge is 0.247 e. The van der Waals surface area contributed by atoms with Crippen molar-refractivity contribution in [3.05, 3.63) is 53.7 Å². The molecule has 0 aliphatic rings. The van der Waals surface area contributed by atoms with E-state index in [2.05, 4.69) is 25.4 Å². The number of hydrogen-bond acceptors (Lipinski definition) is 10. The van der Waals surface area contributed by atoms with E-state index in [0.29, 0.717) is 11.3 Å². The summed E-state index contributed by atoms with van der Waals surface area (Å²) in [6.45, 7) is 3.68. The number of aromatic hydroxyl groups is 2. The minimum absolute atomic E-state index is 0.0670. The van der Waals surface area contributed by atoms with E-state index in [1.54, 1.807) is 17.6 Å². The van der Waals surface area contributed by atoms with Gasteiger partial charge in [-0.15, -0.1) is 0 Å². The van der Waals surface area contributed by atoms with Crippen LogP contribution in [-0.2, 0) is 0 Å². The Balaban J connectivity index is 1.74. The van der Waals surface area contributed by atoms with Gasteiger partial charge in [0.1, 0.15) is 52.4 Å². The molecule has 0 aliphatic heterocycles. The maximum absolute atomic E-state index is 9.74. The number of rotatable bonds is 5. The Hall–Kier alpha value is -4.59. The lowest BCUT2D eigenvalue weighted by Gasteiger charge is -2.16. The van der Waals surface area contributed by atoms with Gasteiger partial charge in [0.25, 0.3) is 0 Å². The van der Waals surface area contributed by atoms with Crippen molar-refractivity contribution in [1.29, 1.82) is 5.26 Å². The number of benzene rings is 1. The number of phenolic OH excluding ortho intramolecular Hbond substituents is 2. The molecule has 31 heavy (non-hydrogen) atoms. The molecule has 0 amide bonds. The first-order chi connectivity index (χ1) is 14.9. The van der Waals surface area contributed by atoms with E-state index < -0.39 is 6.04 Å². The molecular weight excluding hydrogens is 400 g/mol. The van der Waals surface area contributed by atoms with Crippen molar-refractivity contribution in [3.8, 4) is 29.2 Å². The fourth-order valence-corrected chi connectivity index (χ4v) is 3.04. The van der Waals surface area contributed by atoms with Crippen LogP contribution in [0.1, 0.15) is 29.9 Å². The second-order valence-electron chi connectivity index (χ2n) is 6.81. The third-order valence-corrected chi connectivity index (χ3v) is 4.52. The summed E-state index contributed by atoms with van der Waals surface area (Å²) in [6.07, 6.45) is 3.02. The number of aryl methyl sites for hydroxylation is 1. The second-order valence-corrected chi connectivity index (χ2v) is 6.81. The zero-order chi connectivity index (χ0) is 22.1. The Kier molecular flexibility index (Phi) is 4.88. The maximum Gasteiger partial charge on any atom is 0.247 e.